The van der Waals surface area contributed by atoms with E-state index in [0.29, 0.717) is 5.75 Å². The fourth-order valence-corrected chi connectivity index (χ4v) is 1.95. The Balaban J connectivity index is 2.41. The molecule has 0 spiro atoms. The Morgan fingerprint density at radius 1 is 1.12 bits per heavy atom. The maximum absolute atomic E-state index is 9.85. The van der Waals surface area contributed by atoms with Crippen molar-refractivity contribution < 1.29 is 5.11 Å². The minimum absolute atomic E-state index is 0.169. The zero-order chi connectivity index (χ0) is 11.4. The van der Waals surface area contributed by atoms with E-state index < -0.39 is 0 Å². The van der Waals surface area contributed by atoms with Gasteiger partial charge in [-0.2, -0.15) is 0 Å². The lowest BCUT2D eigenvalue weighted by molar-refractivity contribution is 0.463. The summed E-state index contributed by atoms with van der Waals surface area (Å²) < 4.78 is 0. The number of aromatic hydroxyl groups is 1. The van der Waals surface area contributed by atoms with Gasteiger partial charge in [-0.05, 0) is 24.6 Å². The molecule has 1 unspecified atom stereocenters. The molecule has 0 saturated heterocycles. The van der Waals surface area contributed by atoms with Crippen molar-refractivity contribution in [3.63, 3.8) is 0 Å². The Hall–Kier alpha value is -1.83. The second kappa shape index (κ2) is 4.79. The Kier molecular flexibility index (Phi) is 3.20. The Bertz CT molecular complexity index is 453. The largest absolute Gasteiger partial charge is 0.508 e. The molecular formula is C14H15NO. The average molecular weight is 213 g/mol. The van der Waals surface area contributed by atoms with Crippen molar-refractivity contribution in [1.82, 2.24) is 4.98 Å². The van der Waals surface area contributed by atoms with E-state index in [4.69, 9.17) is 0 Å². The van der Waals surface area contributed by atoms with Gasteiger partial charge in [-0.1, -0.05) is 31.2 Å². The Labute approximate surface area is 95.6 Å². The highest BCUT2D eigenvalue weighted by Gasteiger charge is 2.15. The molecule has 0 amide bonds. The van der Waals surface area contributed by atoms with E-state index >= 15 is 0 Å². The number of hydrogen-bond donors (Lipinski definition) is 1. The third-order valence-corrected chi connectivity index (χ3v) is 2.77. The van der Waals surface area contributed by atoms with Crippen molar-refractivity contribution in [1.29, 1.82) is 0 Å². The van der Waals surface area contributed by atoms with Crippen molar-refractivity contribution in [2.24, 2.45) is 0 Å². The van der Waals surface area contributed by atoms with Crippen LogP contribution in [0.2, 0.25) is 0 Å². The van der Waals surface area contributed by atoms with Gasteiger partial charge in [0.2, 0.25) is 0 Å². The van der Waals surface area contributed by atoms with Gasteiger partial charge in [0, 0.05) is 23.4 Å². The molecule has 1 aromatic heterocycles. The van der Waals surface area contributed by atoms with E-state index in [1.165, 1.54) is 0 Å². The summed E-state index contributed by atoms with van der Waals surface area (Å²) in [5.41, 5.74) is 1.95. The van der Waals surface area contributed by atoms with E-state index in [0.717, 1.165) is 17.7 Å². The molecule has 1 heterocycles. The molecule has 2 heteroatoms. The van der Waals surface area contributed by atoms with Crippen molar-refractivity contribution in [2.45, 2.75) is 19.3 Å². The minimum Gasteiger partial charge on any atom is -0.508 e. The molecule has 2 rings (SSSR count). The maximum Gasteiger partial charge on any atom is 0.119 e. The summed E-state index contributed by atoms with van der Waals surface area (Å²) in [7, 11) is 0. The van der Waals surface area contributed by atoms with Gasteiger partial charge in [-0.25, -0.2) is 0 Å². The first-order valence-corrected chi connectivity index (χ1v) is 5.51. The first kappa shape index (κ1) is 10.7. The number of benzene rings is 1. The first-order chi connectivity index (χ1) is 7.83. The standard InChI is InChI=1S/C14H15NO/c1-2-11(13-8-5-6-10-15-13)12-7-3-4-9-14(12)16/h3-11,16H,2H2,1H3. The number of hydrogen-bond acceptors (Lipinski definition) is 2. The number of phenols is 1. The van der Waals surface area contributed by atoms with Crippen LogP contribution in [0, 0.1) is 0 Å². The molecule has 0 aliphatic carbocycles. The van der Waals surface area contributed by atoms with Gasteiger partial charge >= 0.3 is 0 Å². The van der Waals surface area contributed by atoms with Crippen LogP contribution in [0.1, 0.15) is 30.5 Å². The van der Waals surface area contributed by atoms with Crippen molar-refractivity contribution >= 4 is 0 Å². The van der Waals surface area contributed by atoms with E-state index in [1.807, 2.05) is 36.4 Å². The molecular weight excluding hydrogens is 198 g/mol. The summed E-state index contributed by atoms with van der Waals surface area (Å²) in [6, 6.07) is 13.3. The number of rotatable bonds is 3. The molecule has 82 valence electrons. The van der Waals surface area contributed by atoms with Gasteiger partial charge in [-0.15, -0.1) is 0 Å². The summed E-state index contributed by atoms with van der Waals surface area (Å²) in [6.45, 7) is 2.10. The maximum atomic E-state index is 9.85. The Morgan fingerprint density at radius 2 is 1.88 bits per heavy atom. The fraction of sp³-hybridized carbons (Fsp3) is 0.214. The molecule has 2 nitrogen and oxygen atoms in total. The minimum atomic E-state index is 0.169. The molecule has 16 heavy (non-hydrogen) atoms. The normalized spacial score (nSPS) is 12.3. The number of nitrogens with zero attached hydrogens (tertiary/aromatic N) is 1. The Morgan fingerprint density at radius 3 is 2.50 bits per heavy atom. The third-order valence-electron chi connectivity index (χ3n) is 2.77. The fourth-order valence-electron chi connectivity index (χ4n) is 1.95. The summed E-state index contributed by atoms with van der Waals surface area (Å²) in [4.78, 5) is 4.36. The summed E-state index contributed by atoms with van der Waals surface area (Å²) in [6.07, 6.45) is 2.71. The van der Waals surface area contributed by atoms with E-state index in [2.05, 4.69) is 11.9 Å². The van der Waals surface area contributed by atoms with Gasteiger partial charge in [0.15, 0.2) is 0 Å². The quantitative estimate of drug-likeness (QED) is 0.848. The third kappa shape index (κ3) is 2.06. The molecule has 2 aromatic rings. The highest BCUT2D eigenvalue weighted by Crippen LogP contribution is 2.32. The molecule has 1 atom stereocenters. The number of aromatic nitrogens is 1. The lowest BCUT2D eigenvalue weighted by atomic mass is 9.92. The predicted octanol–water partition coefficient (Wildman–Crippen LogP) is 3.33. The lowest BCUT2D eigenvalue weighted by Crippen LogP contribution is -2.02. The molecule has 0 fully saturated rings. The van der Waals surface area contributed by atoms with E-state index in [1.54, 1.807) is 12.3 Å². The van der Waals surface area contributed by atoms with Crippen molar-refractivity contribution in [2.75, 3.05) is 0 Å². The highest BCUT2D eigenvalue weighted by atomic mass is 16.3. The van der Waals surface area contributed by atoms with Crippen LogP contribution in [0.3, 0.4) is 0 Å². The van der Waals surface area contributed by atoms with Gasteiger partial charge in [-0.3, -0.25) is 4.98 Å². The summed E-state index contributed by atoms with van der Waals surface area (Å²) in [5.74, 6) is 0.516. The van der Waals surface area contributed by atoms with Crippen LogP contribution in [0.25, 0.3) is 0 Å². The average Bonchev–Trinajstić information content (AvgIpc) is 2.34. The van der Waals surface area contributed by atoms with Crippen LogP contribution in [-0.4, -0.2) is 10.1 Å². The number of phenolic OH excluding ortho intramolecular Hbond substituents is 1. The van der Waals surface area contributed by atoms with Crippen LogP contribution in [0.15, 0.2) is 48.7 Å². The van der Waals surface area contributed by atoms with Crippen LogP contribution in [-0.2, 0) is 0 Å². The topological polar surface area (TPSA) is 33.1 Å². The van der Waals surface area contributed by atoms with Crippen LogP contribution in [0.5, 0.6) is 5.75 Å². The zero-order valence-electron chi connectivity index (χ0n) is 9.30. The molecule has 0 radical (unpaired) electrons. The molecule has 0 saturated carbocycles. The van der Waals surface area contributed by atoms with Crippen LogP contribution < -0.4 is 0 Å². The molecule has 0 aliphatic rings. The van der Waals surface area contributed by atoms with Gasteiger partial charge < -0.3 is 5.11 Å². The molecule has 1 N–H and O–H groups in total. The van der Waals surface area contributed by atoms with E-state index in [-0.39, 0.29) is 5.92 Å². The van der Waals surface area contributed by atoms with Crippen molar-refractivity contribution in [3.05, 3.63) is 59.9 Å². The zero-order valence-corrected chi connectivity index (χ0v) is 9.30. The molecule has 1 aromatic carbocycles. The van der Waals surface area contributed by atoms with E-state index in [9.17, 15) is 5.11 Å². The second-order valence-corrected chi connectivity index (χ2v) is 3.77. The van der Waals surface area contributed by atoms with Crippen LogP contribution >= 0.6 is 0 Å². The number of para-hydroxylation sites is 1. The molecule has 0 aliphatic heterocycles. The monoisotopic (exact) mass is 213 g/mol. The van der Waals surface area contributed by atoms with Gasteiger partial charge in [0.1, 0.15) is 5.75 Å². The van der Waals surface area contributed by atoms with Crippen molar-refractivity contribution in [3.8, 4) is 5.75 Å². The molecule has 0 bridgehead atoms. The lowest BCUT2D eigenvalue weighted by Gasteiger charge is -2.15. The van der Waals surface area contributed by atoms with Gasteiger partial charge in [0.25, 0.3) is 0 Å². The highest BCUT2D eigenvalue weighted by molar-refractivity contribution is 5.39. The second-order valence-electron chi connectivity index (χ2n) is 3.77. The smallest absolute Gasteiger partial charge is 0.119 e. The van der Waals surface area contributed by atoms with Gasteiger partial charge in [0.05, 0.1) is 0 Å². The number of pyridine rings is 1. The SMILES string of the molecule is CCC(c1ccccn1)c1ccccc1O. The predicted molar refractivity (Wildman–Crippen MR) is 64.5 cm³/mol. The van der Waals surface area contributed by atoms with Crippen LogP contribution in [0.4, 0.5) is 0 Å². The summed E-state index contributed by atoms with van der Waals surface area (Å²) in [5, 5.41) is 9.85. The first-order valence-electron chi connectivity index (χ1n) is 5.51. The summed E-state index contributed by atoms with van der Waals surface area (Å²) >= 11 is 0.